The standard InChI is InChI=1S/C21H18Cl2N4O2S/c22-14-2-4-16(17(23)12-14)18-5-3-15(29-18)13-19-20(28)25-21(30-19)27-10-8-26(9-11-27)7-1-6-24/h2-5,12-13H,1,7-11H2/b19-13+. The van der Waals surface area contributed by atoms with Gasteiger partial charge in [0.2, 0.25) is 0 Å². The van der Waals surface area contributed by atoms with Gasteiger partial charge in [-0.15, -0.1) is 0 Å². The topological polar surface area (TPSA) is 72.8 Å². The zero-order valence-corrected chi connectivity index (χ0v) is 18.3. The molecule has 0 N–H and O–H groups in total. The van der Waals surface area contributed by atoms with E-state index in [0.29, 0.717) is 32.9 Å². The average Bonchev–Trinajstić information content (AvgIpc) is 3.34. The summed E-state index contributed by atoms with van der Waals surface area (Å²) in [7, 11) is 0. The number of hydrogen-bond donors (Lipinski definition) is 0. The van der Waals surface area contributed by atoms with Gasteiger partial charge in [-0.2, -0.15) is 10.3 Å². The highest BCUT2D eigenvalue weighted by Gasteiger charge is 2.28. The summed E-state index contributed by atoms with van der Waals surface area (Å²) in [5, 5.41) is 10.5. The molecule has 30 heavy (non-hydrogen) atoms. The molecule has 1 aromatic carbocycles. The maximum Gasteiger partial charge on any atom is 0.286 e. The van der Waals surface area contributed by atoms with Crippen LogP contribution >= 0.6 is 35.0 Å². The van der Waals surface area contributed by atoms with Crippen molar-refractivity contribution >= 4 is 52.1 Å². The van der Waals surface area contributed by atoms with Crippen LogP contribution in [0, 0.1) is 11.3 Å². The van der Waals surface area contributed by atoms with E-state index in [1.165, 1.54) is 11.8 Å². The second kappa shape index (κ2) is 9.27. The van der Waals surface area contributed by atoms with E-state index in [4.69, 9.17) is 32.9 Å². The van der Waals surface area contributed by atoms with Crippen LogP contribution in [0.4, 0.5) is 0 Å². The molecule has 2 aliphatic rings. The van der Waals surface area contributed by atoms with E-state index in [9.17, 15) is 4.79 Å². The van der Waals surface area contributed by atoms with Crippen molar-refractivity contribution in [1.29, 1.82) is 5.26 Å². The first-order valence-corrected chi connectivity index (χ1v) is 11.0. The van der Waals surface area contributed by atoms with E-state index < -0.39 is 0 Å². The Morgan fingerprint density at radius 2 is 2.00 bits per heavy atom. The lowest BCUT2D eigenvalue weighted by Crippen LogP contribution is -2.47. The number of nitrogens with zero attached hydrogens (tertiary/aromatic N) is 4. The number of thioether (sulfide) groups is 1. The number of hydrogen-bond acceptors (Lipinski definition) is 6. The van der Waals surface area contributed by atoms with E-state index in [1.807, 2.05) is 6.07 Å². The fraction of sp³-hybridized carbons (Fsp3) is 0.286. The quantitative estimate of drug-likeness (QED) is 0.612. The molecule has 0 unspecified atom stereocenters. The molecule has 6 nitrogen and oxygen atoms in total. The number of halogens is 2. The van der Waals surface area contributed by atoms with Crippen molar-refractivity contribution in [2.45, 2.75) is 6.42 Å². The van der Waals surface area contributed by atoms with Gasteiger partial charge in [0.15, 0.2) is 5.17 Å². The minimum atomic E-state index is -0.260. The number of piperazine rings is 1. The molecule has 3 heterocycles. The highest BCUT2D eigenvalue weighted by molar-refractivity contribution is 8.18. The summed E-state index contributed by atoms with van der Waals surface area (Å²) >= 11 is 13.6. The van der Waals surface area contributed by atoms with Gasteiger partial charge in [0.25, 0.3) is 5.91 Å². The molecule has 0 radical (unpaired) electrons. The Labute approximate surface area is 188 Å². The second-order valence-electron chi connectivity index (χ2n) is 6.87. The van der Waals surface area contributed by atoms with E-state index >= 15 is 0 Å². The summed E-state index contributed by atoms with van der Waals surface area (Å²) in [6.45, 7) is 4.08. The van der Waals surface area contributed by atoms with Crippen molar-refractivity contribution < 1.29 is 9.21 Å². The van der Waals surface area contributed by atoms with Gasteiger partial charge in [-0.1, -0.05) is 23.2 Å². The molecule has 2 aliphatic heterocycles. The number of carbonyl (C=O) groups is 1. The molecule has 2 aromatic rings. The van der Waals surface area contributed by atoms with Crippen molar-refractivity contribution in [3.05, 3.63) is 51.0 Å². The minimum absolute atomic E-state index is 0.260. The molecule has 1 amide bonds. The van der Waals surface area contributed by atoms with Crippen LogP contribution in [0.15, 0.2) is 44.6 Å². The highest BCUT2D eigenvalue weighted by atomic mass is 35.5. The first kappa shape index (κ1) is 21.0. The van der Waals surface area contributed by atoms with Crippen LogP contribution in [0.25, 0.3) is 17.4 Å². The Kier molecular flexibility index (Phi) is 6.49. The SMILES string of the molecule is N#CCCN1CCN(C2=NC(=O)/C(=C\c3ccc(-c4ccc(Cl)cc4Cl)o3)S2)CC1. The van der Waals surface area contributed by atoms with E-state index in [-0.39, 0.29) is 5.91 Å². The normalized spacial score (nSPS) is 18.7. The van der Waals surface area contributed by atoms with Crippen LogP contribution in [0.2, 0.25) is 10.0 Å². The summed E-state index contributed by atoms with van der Waals surface area (Å²) in [5.74, 6) is 0.905. The van der Waals surface area contributed by atoms with Crippen LogP contribution in [-0.2, 0) is 4.79 Å². The van der Waals surface area contributed by atoms with Crippen LogP contribution in [-0.4, -0.2) is 53.6 Å². The second-order valence-corrected chi connectivity index (χ2v) is 8.73. The van der Waals surface area contributed by atoms with Gasteiger partial charge in [-0.3, -0.25) is 9.69 Å². The van der Waals surface area contributed by atoms with E-state index in [0.717, 1.165) is 43.5 Å². The number of benzene rings is 1. The number of carbonyl (C=O) groups excluding carboxylic acids is 1. The third-order valence-electron chi connectivity index (χ3n) is 4.89. The number of rotatable bonds is 4. The van der Waals surface area contributed by atoms with Crippen molar-refractivity contribution in [2.24, 2.45) is 4.99 Å². The predicted molar refractivity (Wildman–Crippen MR) is 120 cm³/mol. The lowest BCUT2D eigenvalue weighted by Gasteiger charge is -2.34. The van der Waals surface area contributed by atoms with Crippen LogP contribution in [0.5, 0.6) is 0 Å². The molecule has 0 bridgehead atoms. The Morgan fingerprint density at radius 1 is 1.20 bits per heavy atom. The molecule has 154 valence electrons. The number of nitriles is 1. The Hall–Kier alpha value is -2.24. The number of furan rings is 1. The summed E-state index contributed by atoms with van der Waals surface area (Å²) in [6, 6.07) is 11.0. The first-order valence-electron chi connectivity index (χ1n) is 9.45. The van der Waals surface area contributed by atoms with Gasteiger partial charge in [0.1, 0.15) is 11.5 Å². The van der Waals surface area contributed by atoms with Crippen LogP contribution < -0.4 is 0 Å². The molecule has 0 atom stereocenters. The summed E-state index contributed by atoms with van der Waals surface area (Å²) in [6.07, 6.45) is 2.24. The van der Waals surface area contributed by atoms with Crippen LogP contribution in [0.1, 0.15) is 12.2 Å². The molecule has 1 aromatic heterocycles. The predicted octanol–water partition coefficient (Wildman–Crippen LogP) is 4.75. The highest BCUT2D eigenvalue weighted by Crippen LogP contribution is 2.34. The van der Waals surface area contributed by atoms with Gasteiger partial charge < -0.3 is 9.32 Å². The number of amidine groups is 1. The molecule has 1 saturated heterocycles. The Balaban J connectivity index is 1.41. The summed E-state index contributed by atoms with van der Waals surface area (Å²) < 4.78 is 5.87. The van der Waals surface area contributed by atoms with Crippen LogP contribution in [0.3, 0.4) is 0 Å². The lowest BCUT2D eigenvalue weighted by molar-refractivity contribution is -0.113. The lowest BCUT2D eigenvalue weighted by atomic mass is 10.2. The Morgan fingerprint density at radius 3 is 2.73 bits per heavy atom. The van der Waals surface area contributed by atoms with Crippen molar-refractivity contribution in [3.8, 4) is 17.4 Å². The number of aliphatic imine (C=N–C) groups is 1. The molecule has 0 spiro atoms. The van der Waals surface area contributed by atoms with Crippen molar-refractivity contribution in [1.82, 2.24) is 9.80 Å². The van der Waals surface area contributed by atoms with Gasteiger partial charge >= 0.3 is 0 Å². The third-order valence-corrected chi connectivity index (χ3v) is 6.48. The average molecular weight is 461 g/mol. The zero-order chi connectivity index (χ0) is 21.1. The van der Waals surface area contributed by atoms with Crippen molar-refractivity contribution in [3.63, 3.8) is 0 Å². The minimum Gasteiger partial charge on any atom is -0.457 e. The maximum absolute atomic E-state index is 12.4. The zero-order valence-electron chi connectivity index (χ0n) is 16.0. The maximum atomic E-state index is 12.4. The monoisotopic (exact) mass is 460 g/mol. The fourth-order valence-corrected chi connectivity index (χ4v) is 4.74. The summed E-state index contributed by atoms with van der Waals surface area (Å²) in [4.78, 5) is 21.5. The molecule has 4 rings (SSSR count). The van der Waals surface area contributed by atoms with E-state index in [1.54, 1.807) is 30.3 Å². The molecule has 0 saturated carbocycles. The molecule has 0 aliphatic carbocycles. The smallest absolute Gasteiger partial charge is 0.286 e. The first-order chi connectivity index (χ1) is 14.5. The van der Waals surface area contributed by atoms with Crippen molar-refractivity contribution in [2.75, 3.05) is 32.7 Å². The molecule has 9 heteroatoms. The fourth-order valence-electron chi connectivity index (χ4n) is 3.30. The molecular weight excluding hydrogens is 443 g/mol. The Bertz CT molecular complexity index is 1070. The summed E-state index contributed by atoms with van der Waals surface area (Å²) in [5.41, 5.74) is 0.738. The number of amides is 1. The molecule has 1 fully saturated rings. The molecular formula is C21H18Cl2N4O2S. The van der Waals surface area contributed by atoms with Gasteiger partial charge in [0, 0.05) is 55.8 Å². The van der Waals surface area contributed by atoms with Gasteiger partial charge in [0.05, 0.1) is 16.0 Å². The van der Waals surface area contributed by atoms with E-state index in [2.05, 4.69) is 20.9 Å². The van der Waals surface area contributed by atoms with Gasteiger partial charge in [-0.05, 0) is 42.1 Å². The van der Waals surface area contributed by atoms with Gasteiger partial charge in [-0.25, -0.2) is 0 Å². The largest absolute Gasteiger partial charge is 0.457 e. The third kappa shape index (κ3) is 4.73.